The molecule has 41 heavy (non-hydrogen) atoms. The third-order valence-corrected chi connectivity index (χ3v) is 8.61. The van der Waals surface area contributed by atoms with Gasteiger partial charge >= 0.3 is 0 Å². The summed E-state index contributed by atoms with van der Waals surface area (Å²) in [7, 11) is 0. The van der Waals surface area contributed by atoms with Crippen molar-refractivity contribution in [3.05, 3.63) is 137 Å². The zero-order valence-corrected chi connectivity index (χ0v) is 22.5. The molecule has 0 spiro atoms. The summed E-state index contributed by atoms with van der Waals surface area (Å²) in [6.07, 6.45) is 11.7. The first-order chi connectivity index (χ1) is 20.2. The van der Waals surface area contributed by atoms with Crippen molar-refractivity contribution in [2.75, 3.05) is 6.54 Å². The summed E-state index contributed by atoms with van der Waals surface area (Å²) in [5.74, 6) is -0.0562. The van der Waals surface area contributed by atoms with Crippen LogP contribution in [0.4, 0.5) is 0 Å². The summed E-state index contributed by atoms with van der Waals surface area (Å²) in [5, 5.41) is 8.08. The number of nitrogens with zero attached hydrogens (tertiary/aromatic N) is 2. The normalized spacial score (nSPS) is 19.4. The van der Waals surface area contributed by atoms with Crippen LogP contribution in [0.2, 0.25) is 0 Å². The van der Waals surface area contributed by atoms with Gasteiger partial charge in [0.1, 0.15) is 0 Å². The maximum Gasteiger partial charge on any atom is 0.252 e. The lowest BCUT2D eigenvalue weighted by Crippen LogP contribution is -2.31. The highest BCUT2D eigenvalue weighted by molar-refractivity contribution is 6.03. The van der Waals surface area contributed by atoms with Crippen LogP contribution in [0.3, 0.4) is 0 Å². The fourth-order valence-electron chi connectivity index (χ4n) is 6.59. The molecule has 8 rings (SSSR count). The molecule has 7 heteroatoms. The van der Waals surface area contributed by atoms with Crippen LogP contribution in [0.1, 0.15) is 45.2 Å². The molecule has 2 atom stereocenters. The number of aromatic amines is 2. The van der Waals surface area contributed by atoms with Gasteiger partial charge in [0, 0.05) is 53.6 Å². The summed E-state index contributed by atoms with van der Waals surface area (Å²) < 4.78 is 0. The summed E-state index contributed by atoms with van der Waals surface area (Å²) in [6, 6.07) is 23.1. The molecule has 4 N–H and O–H groups in total. The summed E-state index contributed by atoms with van der Waals surface area (Å²) >= 11 is 0. The molecule has 0 bridgehead atoms. The topological polar surface area (TPSA) is 88.8 Å². The van der Waals surface area contributed by atoms with Crippen LogP contribution in [0.25, 0.3) is 21.9 Å². The number of imidazole rings is 1. The largest absolute Gasteiger partial charge is 0.366 e. The highest BCUT2D eigenvalue weighted by Crippen LogP contribution is 2.38. The number of hydrogen-bond donors (Lipinski definition) is 4. The monoisotopic (exact) mass is 538 g/mol. The Kier molecular flexibility index (Phi) is 5.63. The van der Waals surface area contributed by atoms with Gasteiger partial charge in [-0.2, -0.15) is 0 Å². The molecule has 1 aliphatic carbocycles. The molecule has 0 saturated heterocycles. The number of benzene rings is 3. The molecule has 2 aromatic heterocycles. The molecule has 1 amide bonds. The van der Waals surface area contributed by atoms with Crippen LogP contribution in [0.5, 0.6) is 0 Å². The van der Waals surface area contributed by atoms with E-state index >= 15 is 0 Å². The van der Waals surface area contributed by atoms with Crippen molar-refractivity contribution in [3.8, 4) is 0 Å². The quantitative estimate of drug-likeness (QED) is 0.217. The van der Waals surface area contributed by atoms with Crippen molar-refractivity contribution in [2.45, 2.75) is 31.6 Å². The van der Waals surface area contributed by atoms with Gasteiger partial charge in [0.15, 0.2) is 0 Å². The maximum atomic E-state index is 13.0. The predicted molar refractivity (Wildman–Crippen MR) is 161 cm³/mol. The Morgan fingerprint density at radius 1 is 0.976 bits per heavy atom. The SMILES string of the molecule is O=C1NC(c2c(CNCC3=CC=C4C=CN(Cc5ccccc5)C4C3)[nH]c3ccccc23)c2cc3[nH]cnc3cc21. The van der Waals surface area contributed by atoms with E-state index in [-0.39, 0.29) is 11.9 Å². The van der Waals surface area contributed by atoms with Crippen LogP contribution >= 0.6 is 0 Å². The number of para-hydroxylation sites is 1. The van der Waals surface area contributed by atoms with E-state index < -0.39 is 0 Å². The van der Waals surface area contributed by atoms with Crippen molar-refractivity contribution < 1.29 is 4.79 Å². The Morgan fingerprint density at radius 3 is 2.78 bits per heavy atom. The van der Waals surface area contributed by atoms with Gasteiger partial charge in [0.2, 0.25) is 0 Å². The molecule has 5 aromatic rings. The van der Waals surface area contributed by atoms with Crippen LogP contribution < -0.4 is 10.6 Å². The molecule has 0 fully saturated rings. The zero-order chi connectivity index (χ0) is 27.3. The van der Waals surface area contributed by atoms with E-state index in [4.69, 9.17) is 0 Å². The lowest BCUT2D eigenvalue weighted by atomic mass is 9.93. The highest BCUT2D eigenvalue weighted by Gasteiger charge is 2.34. The van der Waals surface area contributed by atoms with Crippen molar-refractivity contribution in [2.24, 2.45) is 0 Å². The van der Waals surface area contributed by atoms with E-state index in [0.717, 1.165) is 58.3 Å². The first-order valence-corrected chi connectivity index (χ1v) is 14.2. The number of amides is 1. The van der Waals surface area contributed by atoms with E-state index in [1.807, 2.05) is 12.1 Å². The Hall–Kier alpha value is -4.88. The van der Waals surface area contributed by atoms with E-state index in [2.05, 4.69) is 110 Å². The Bertz CT molecular complexity index is 1890. The second-order valence-corrected chi connectivity index (χ2v) is 11.1. The fraction of sp³-hybridized carbons (Fsp3) is 0.176. The molecule has 2 aliphatic heterocycles. The molecule has 3 aliphatic rings. The molecule has 3 aromatic carbocycles. The number of carbonyl (C=O) groups excluding carboxylic acids is 1. The predicted octanol–water partition coefficient (Wildman–Crippen LogP) is 5.62. The second kappa shape index (κ2) is 9.64. The summed E-state index contributed by atoms with van der Waals surface area (Å²) in [5.41, 5.74) is 10.8. The van der Waals surface area contributed by atoms with Crippen molar-refractivity contribution >= 4 is 27.8 Å². The number of nitrogens with one attached hydrogen (secondary N) is 4. The average molecular weight is 539 g/mol. The molecule has 2 unspecified atom stereocenters. The third kappa shape index (κ3) is 4.17. The van der Waals surface area contributed by atoms with Crippen LogP contribution in [-0.4, -0.2) is 38.3 Å². The van der Waals surface area contributed by atoms with Gasteiger partial charge in [-0.05, 0) is 47.4 Å². The van der Waals surface area contributed by atoms with Crippen LogP contribution in [0.15, 0.2) is 109 Å². The summed E-state index contributed by atoms with van der Waals surface area (Å²) in [4.78, 5) is 26.7. The van der Waals surface area contributed by atoms with E-state index in [1.54, 1.807) is 6.33 Å². The number of hydrogen-bond acceptors (Lipinski definition) is 4. The first-order valence-electron chi connectivity index (χ1n) is 14.2. The molecular weight excluding hydrogens is 508 g/mol. The van der Waals surface area contributed by atoms with E-state index in [0.29, 0.717) is 18.2 Å². The first kappa shape index (κ1) is 24.0. The Balaban J connectivity index is 1.03. The Morgan fingerprint density at radius 2 is 1.85 bits per heavy atom. The molecule has 202 valence electrons. The lowest BCUT2D eigenvalue weighted by Gasteiger charge is -2.29. The van der Waals surface area contributed by atoms with E-state index in [1.165, 1.54) is 16.7 Å². The molecule has 0 radical (unpaired) electrons. The van der Waals surface area contributed by atoms with Gasteiger partial charge in [0.05, 0.1) is 29.4 Å². The highest BCUT2D eigenvalue weighted by atomic mass is 16.2. The van der Waals surface area contributed by atoms with E-state index in [9.17, 15) is 4.79 Å². The average Bonchev–Trinajstić information content (AvgIpc) is 3.77. The van der Waals surface area contributed by atoms with Gasteiger partial charge in [-0.25, -0.2) is 4.98 Å². The minimum atomic E-state index is -0.228. The number of allylic oxidation sites excluding steroid dienone is 2. The lowest BCUT2D eigenvalue weighted by molar-refractivity contribution is 0.0960. The fourth-order valence-corrected chi connectivity index (χ4v) is 6.59. The van der Waals surface area contributed by atoms with Gasteiger partial charge in [-0.15, -0.1) is 0 Å². The van der Waals surface area contributed by atoms with Crippen molar-refractivity contribution in [1.29, 1.82) is 0 Å². The molecular formula is C34H30N6O. The summed E-state index contributed by atoms with van der Waals surface area (Å²) in [6.45, 7) is 2.39. The van der Waals surface area contributed by atoms with Crippen LogP contribution in [-0.2, 0) is 13.1 Å². The van der Waals surface area contributed by atoms with Gasteiger partial charge in [-0.1, -0.05) is 66.3 Å². The zero-order valence-electron chi connectivity index (χ0n) is 22.5. The minimum absolute atomic E-state index is 0.0562. The third-order valence-electron chi connectivity index (χ3n) is 8.61. The second-order valence-electron chi connectivity index (χ2n) is 11.1. The van der Waals surface area contributed by atoms with Gasteiger partial charge in [0.25, 0.3) is 5.91 Å². The number of carbonyl (C=O) groups is 1. The molecule has 4 heterocycles. The molecule has 0 saturated carbocycles. The van der Waals surface area contributed by atoms with Gasteiger partial charge in [-0.3, -0.25) is 4.79 Å². The van der Waals surface area contributed by atoms with Crippen LogP contribution in [0, 0.1) is 0 Å². The Labute approximate surface area is 237 Å². The van der Waals surface area contributed by atoms with Gasteiger partial charge < -0.3 is 25.5 Å². The number of aromatic nitrogens is 3. The number of fused-ring (bicyclic) bond motifs is 4. The van der Waals surface area contributed by atoms with Crippen molar-refractivity contribution in [3.63, 3.8) is 0 Å². The minimum Gasteiger partial charge on any atom is -0.366 e. The molecule has 7 nitrogen and oxygen atoms in total. The smallest absolute Gasteiger partial charge is 0.252 e. The maximum absolute atomic E-state index is 13.0. The number of H-pyrrole nitrogens is 2. The standard InChI is InChI=1S/C34H30N6O/c41-34-26-16-29-28(36-20-37-29)15-25(26)33(39-34)32-24-8-4-5-9-27(24)38-30(32)18-35-17-22-10-11-23-12-13-40(31(23)14-22)19-21-6-2-1-3-7-21/h1-13,15-16,20,31,33,35,38H,14,17-19H2,(H,36,37)(H,39,41). The van der Waals surface area contributed by atoms with Crippen molar-refractivity contribution in [1.82, 2.24) is 30.5 Å². The number of rotatable bonds is 7.